The quantitative estimate of drug-likeness (QED) is 0.167. The van der Waals surface area contributed by atoms with Crippen LogP contribution in [0.2, 0.25) is 0 Å². The van der Waals surface area contributed by atoms with Crippen LogP contribution in [0.5, 0.6) is 0 Å². The van der Waals surface area contributed by atoms with Gasteiger partial charge in [-0.25, -0.2) is 0 Å². The van der Waals surface area contributed by atoms with Crippen LogP contribution in [0.4, 0.5) is 17.1 Å². The monoisotopic (exact) mass is 848 g/mol. The molecule has 4 heterocycles. The van der Waals surface area contributed by atoms with Gasteiger partial charge in [0.15, 0.2) is 0 Å². The van der Waals surface area contributed by atoms with Crippen LogP contribution in [-0.2, 0) is 0 Å². The minimum absolute atomic E-state index is 0.843. The molecule has 0 aliphatic carbocycles. The number of anilines is 3. The molecule has 14 aromatic rings. The average Bonchev–Trinajstić information content (AvgIpc) is 4.13. The van der Waals surface area contributed by atoms with Crippen molar-refractivity contribution in [2.24, 2.45) is 0 Å². The van der Waals surface area contributed by atoms with E-state index >= 15 is 0 Å². The molecule has 0 N–H and O–H groups in total. The van der Waals surface area contributed by atoms with Gasteiger partial charge < -0.3 is 18.3 Å². The van der Waals surface area contributed by atoms with Crippen LogP contribution in [0.1, 0.15) is 0 Å². The standard InChI is InChI=1S/C60H36N2O2S/c1-6-19-53-44(14-1)45-15-2-7-20-54(45)62(53)41-13-11-12-39(32-41)50-34-43(35-52-47-17-4-9-22-56(47)64-60(50)52)61(42-29-30-48-46-16-3-8-21-55(46)63-57(48)36-42)40-27-24-37(25-28-40)38-26-31-59-51(33-38)49-18-5-10-23-58(49)65-59/h1-36H. The molecule has 10 aromatic carbocycles. The Labute approximate surface area is 377 Å². The lowest BCUT2D eigenvalue weighted by molar-refractivity contribution is 0.668. The third-order valence-electron chi connectivity index (χ3n) is 13.2. The minimum Gasteiger partial charge on any atom is -0.456 e. The Morgan fingerprint density at radius 3 is 1.74 bits per heavy atom. The Bertz CT molecular complexity index is 4150. The summed E-state index contributed by atoms with van der Waals surface area (Å²) in [7, 11) is 0. The van der Waals surface area contributed by atoms with Gasteiger partial charge in [-0.3, -0.25) is 0 Å². The first-order valence-electron chi connectivity index (χ1n) is 22.0. The fourth-order valence-corrected chi connectivity index (χ4v) is 11.3. The van der Waals surface area contributed by atoms with Gasteiger partial charge in [0.25, 0.3) is 0 Å². The third-order valence-corrected chi connectivity index (χ3v) is 14.3. The molecule has 0 amide bonds. The molecule has 4 nitrogen and oxygen atoms in total. The first-order chi connectivity index (χ1) is 32.2. The Hall–Kier alpha value is -8.38. The van der Waals surface area contributed by atoms with Gasteiger partial charge >= 0.3 is 0 Å². The zero-order chi connectivity index (χ0) is 42.6. The van der Waals surface area contributed by atoms with E-state index in [0.29, 0.717) is 0 Å². The number of nitrogens with zero attached hydrogens (tertiary/aromatic N) is 2. The Kier molecular flexibility index (Phi) is 7.82. The van der Waals surface area contributed by atoms with Crippen molar-refractivity contribution in [3.63, 3.8) is 0 Å². The average molecular weight is 849 g/mol. The molecular weight excluding hydrogens is 813 g/mol. The molecule has 304 valence electrons. The van der Waals surface area contributed by atoms with Crippen LogP contribution in [0, 0.1) is 0 Å². The normalized spacial score (nSPS) is 12.0. The smallest absolute Gasteiger partial charge is 0.143 e. The minimum atomic E-state index is 0.843. The second kappa shape index (κ2) is 14.1. The van der Waals surface area contributed by atoms with Gasteiger partial charge in [-0.15, -0.1) is 11.3 Å². The summed E-state index contributed by atoms with van der Waals surface area (Å²) in [5.74, 6) is 0. The second-order valence-corrected chi connectivity index (χ2v) is 17.9. The molecule has 0 aliphatic rings. The Balaban J connectivity index is 0.977. The van der Waals surface area contributed by atoms with E-state index in [9.17, 15) is 0 Å². The lowest BCUT2D eigenvalue weighted by Crippen LogP contribution is -2.10. The topological polar surface area (TPSA) is 34.5 Å². The van der Waals surface area contributed by atoms with Gasteiger partial charge in [0.1, 0.15) is 22.3 Å². The van der Waals surface area contributed by atoms with Crippen LogP contribution in [0.25, 0.3) is 114 Å². The molecule has 0 bridgehead atoms. The molecule has 0 saturated carbocycles. The summed E-state index contributed by atoms with van der Waals surface area (Å²) < 4.78 is 18.3. The van der Waals surface area contributed by atoms with Gasteiger partial charge in [0.2, 0.25) is 0 Å². The highest BCUT2D eigenvalue weighted by Crippen LogP contribution is 2.46. The maximum atomic E-state index is 6.82. The number of rotatable bonds is 6. The number of fused-ring (bicyclic) bond motifs is 12. The van der Waals surface area contributed by atoms with Crippen molar-refractivity contribution >= 4 is 114 Å². The van der Waals surface area contributed by atoms with Gasteiger partial charge in [-0.05, 0) is 108 Å². The zero-order valence-electron chi connectivity index (χ0n) is 34.9. The molecule has 4 aromatic heterocycles. The summed E-state index contributed by atoms with van der Waals surface area (Å²) in [6.07, 6.45) is 0. The molecule has 0 radical (unpaired) electrons. The number of furan rings is 2. The van der Waals surface area contributed by atoms with Crippen molar-refractivity contribution in [3.05, 3.63) is 218 Å². The van der Waals surface area contributed by atoms with Crippen molar-refractivity contribution in [1.82, 2.24) is 4.57 Å². The summed E-state index contributed by atoms with van der Waals surface area (Å²) in [5, 5.41) is 9.39. The molecule has 0 saturated heterocycles. The first kappa shape index (κ1) is 36.1. The maximum absolute atomic E-state index is 6.82. The number of thiophene rings is 1. The molecule has 65 heavy (non-hydrogen) atoms. The lowest BCUT2D eigenvalue weighted by atomic mass is 9.99. The predicted octanol–water partition coefficient (Wildman–Crippen LogP) is 17.8. The highest BCUT2D eigenvalue weighted by Gasteiger charge is 2.22. The zero-order valence-corrected chi connectivity index (χ0v) is 35.7. The van der Waals surface area contributed by atoms with Gasteiger partial charge in [0.05, 0.1) is 11.0 Å². The van der Waals surface area contributed by atoms with E-state index in [2.05, 4.69) is 210 Å². The van der Waals surface area contributed by atoms with Crippen LogP contribution >= 0.6 is 11.3 Å². The number of aromatic nitrogens is 1. The van der Waals surface area contributed by atoms with Gasteiger partial charge in [0, 0.05) is 86.9 Å². The first-order valence-corrected chi connectivity index (χ1v) is 22.8. The summed E-state index contributed by atoms with van der Waals surface area (Å²) in [6, 6.07) is 78.6. The van der Waals surface area contributed by atoms with Crippen molar-refractivity contribution in [1.29, 1.82) is 0 Å². The molecule has 0 unspecified atom stereocenters. The lowest BCUT2D eigenvalue weighted by Gasteiger charge is -2.26. The van der Waals surface area contributed by atoms with E-state index in [1.165, 1.54) is 47.5 Å². The van der Waals surface area contributed by atoms with Crippen molar-refractivity contribution in [2.45, 2.75) is 0 Å². The molecule has 0 fully saturated rings. The molecule has 0 spiro atoms. The maximum Gasteiger partial charge on any atom is 0.143 e. The predicted molar refractivity (Wildman–Crippen MR) is 274 cm³/mol. The summed E-state index contributed by atoms with van der Waals surface area (Å²) >= 11 is 1.85. The largest absolute Gasteiger partial charge is 0.456 e. The fourth-order valence-electron chi connectivity index (χ4n) is 10.2. The van der Waals surface area contributed by atoms with E-state index in [1.54, 1.807) is 0 Å². The Morgan fingerprint density at radius 2 is 0.954 bits per heavy atom. The highest BCUT2D eigenvalue weighted by atomic mass is 32.1. The summed E-state index contributed by atoms with van der Waals surface area (Å²) in [5.41, 5.74) is 14.3. The summed E-state index contributed by atoms with van der Waals surface area (Å²) in [4.78, 5) is 2.35. The SMILES string of the molecule is c1cc(-c2cc(N(c3ccc(-c4ccc5sc6ccccc6c5c4)cc3)c3ccc4c(c3)oc3ccccc34)cc3c2oc2ccccc23)cc(-n2c3ccccc3c3ccccc32)c1. The van der Waals surface area contributed by atoms with Gasteiger partial charge in [-0.1, -0.05) is 121 Å². The number of hydrogen-bond donors (Lipinski definition) is 0. The number of para-hydroxylation sites is 4. The van der Waals surface area contributed by atoms with E-state index in [1.807, 2.05) is 29.5 Å². The van der Waals surface area contributed by atoms with E-state index in [0.717, 1.165) is 83.3 Å². The van der Waals surface area contributed by atoms with Crippen LogP contribution in [-0.4, -0.2) is 4.57 Å². The van der Waals surface area contributed by atoms with Gasteiger partial charge in [-0.2, -0.15) is 0 Å². The number of benzene rings is 10. The molecule has 14 rings (SSSR count). The Morgan fingerprint density at radius 1 is 0.338 bits per heavy atom. The van der Waals surface area contributed by atoms with E-state index in [4.69, 9.17) is 8.83 Å². The van der Waals surface area contributed by atoms with E-state index in [-0.39, 0.29) is 0 Å². The van der Waals surface area contributed by atoms with Crippen molar-refractivity contribution < 1.29 is 8.83 Å². The van der Waals surface area contributed by atoms with Crippen molar-refractivity contribution in [2.75, 3.05) is 4.90 Å². The molecule has 5 heteroatoms. The summed E-state index contributed by atoms with van der Waals surface area (Å²) in [6.45, 7) is 0. The number of hydrogen-bond acceptors (Lipinski definition) is 4. The molecule has 0 atom stereocenters. The fraction of sp³-hybridized carbons (Fsp3) is 0. The van der Waals surface area contributed by atoms with Crippen LogP contribution < -0.4 is 4.90 Å². The van der Waals surface area contributed by atoms with Crippen molar-refractivity contribution in [3.8, 4) is 27.9 Å². The molecule has 0 aliphatic heterocycles. The second-order valence-electron chi connectivity index (χ2n) is 16.9. The van der Waals surface area contributed by atoms with Crippen LogP contribution in [0.3, 0.4) is 0 Å². The molecular formula is C60H36N2O2S. The van der Waals surface area contributed by atoms with Crippen LogP contribution in [0.15, 0.2) is 227 Å². The van der Waals surface area contributed by atoms with E-state index < -0.39 is 0 Å². The third kappa shape index (κ3) is 5.62. The highest BCUT2D eigenvalue weighted by molar-refractivity contribution is 7.25.